The van der Waals surface area contributed by atoms with Gasteiger partial charge >= 0.3 is 0 Å². The number of anilines is 1. The van der Waals surface area contributed by atoms with Crippen molar-refractivity contribution in [2.75, 3.05) is 26.1 Å². The molecule has 3 aromatic heterocycles. The zero-order valence-corrected chi connectivity index (χ0v) is 19.1. The number of benzene rings is 2. The number of ether oxygens (including phenoxy) is 2. The van der Waals surface area contributed by atoms with Crippen LogP contribution in [0, 0.1) is 0 Å². The first-order chi connectivity index (χ1) is 16.8. The summed E-state index contributed by atoms with van der Waals surface area (Å²) < 4.78 is 19.0. The molecule has 0 spiro atoms. The zero-order chi connectivity index (χ0) is 23.3. The molecule has 172 valence electrons. The number of hydrogen-bond acceptors (Lipinski definition) is 7. The van der Waals surface area contributed by atoms with E-state index < -0.39 is 0 Å². The van der Waals surface area contributed by atoms with E-state index in [-0.39, 0.29) is 0 Å². The number of aryl methyl sites for hydroxylation is 1. The van der Waals surface area contributed by atoms with Crippen LogP contribution in [-0.2, 0) is 6.54 Å². The molecule has 0 aliphatic carbocycles. The van der Waals surface area contributed by atoms with E-state index in [1.165, 1.54) is 6.33 Å². The Hall–Kier alpha value is -4.33. The fourth-order valence-electron chi connectivity index (χ4n) is 3.93. The maximum Gasteiger partial charge on any atom is 0.232 e. The van der Waals surface area contributed by atoms with Crippen molar-refractivity contribution in [3.63, 3.8) is 0 Å². The highest BCUT2D eigenvalue weighted by Gasteiger charge is 2.22. The molecule has 1 N–H and O–H groups in total. The quantitative estimate of drug-likeness (QED) is 0.303. The lowest BCUT2D eigenvalue weighted by atomic mass is 9.99. The number of nitrogens with one attached hydrogen (secondary N) is 1. The Labute approximate surface area is 197 Å². The Balaban J connectivity index is 1.55. The molecular weight excluding hydrogens is 430 g/mol. The topological polar surface area (TPSA) is 87.2 Å². The molecule has 0 saturated carbocycles. The van der Waals surface area contributed by atoms with Gasteiger partial charge in [0.15, 0.2) is 0 Å². The van der Waals surface area contributed by atoms with Crippen LogP contribution in [0.3, 0.4) is 0 Å². The van der Waals surface area contributed by atoms with Crippen LogP contribution in [0.25, 0.3) is 33.6 Å². The van der Waals surface area contributed by atoms with Crippen LogP contribution >= 0.6 is 0 Å². The Morgan fingerprint density at radius 3 is 2.26 bits per heavy atom. The molecule has 3 heterocycles. The van der Waals surface area contributed by atoms with Crippen molar-refractivity contribution in [1.29, 1.82) is 0 Å². The van der Waals surface area contributed by atoms with Crippen LogP contribution in [0.2, 0.25) is 0 Å². The van der Waals surface area contributed by atoms with Crippen molar-refractivity contribution in [3.8, 4) is 33.9 Å². The number of aromatic nitrogens is 4. The highest BCUT2D eigenvalue weighted by Crippen LogP contribution is 2.43. The van der Waals surface area contributed by atoms with Gasteiger partial charge in [0.1, 0.15) is 29.4 Å². The summed E-state index contributed by atoms with van der Waals surface area (Å²) in [6, 6.07) is 15.7. The SMILES string of the molecule is COc1ccc(-c2oc3ncnc(NCCCn4ccnc4)c3c2-c2ccc(OC)cc2)cc1. The highest BCUT2D eigenvalue weighted by atomic mass is 16.5. The van der Waals surface area contributed by atoms with E-state index >= 15 is 0 Å². The first kappa shape index (κ1) is 21.5. The van der Waals surface area contributed by atoms with Gasteiger partial charge in [-0.15, -0.1) is 0 Å². The minimum absolute atomic E-state index is 0.531. The second-order valence-corrected chi connectivity index (χ2v) is 7.75. The number of hydrogen-bond donors (Lipinski definition) is 1. The summed E-state index contributed by atoms with van der Waals surface area (Å²) in [6.45, 7) is 1.62. The van der Waals surface area contributed by atoms with Crippen molar-refractivity contribution in [1.82, 2.24) is 19.5 Å². The lowest BCUT2D eigenvalue weighted by Gasteiger charge is -2.09. The average Bonchev–Trinajstić information content (AvgIpc) is 3.55. The Morgan fingerprint density at radius 1 is 0.912 bits per heavy atom. The van der Waals surface area contributed by atoms with Gasteiger partial charge in [-0.1, -0.05) is 12.1 Å². The molecule has 5 rings (SSSR count). The molecule has 0 unspecified atom stereocenters. The fraction of sp³-hybridized carbons (Fsp3) is 0.192. The zero-order valence-electron chi connectivity index (χ0n) is 19.1. The van der Waals surface area contributed by atoms with Crippen molar-refractivity contribution in [2.45, 2.75) is 13.0 Å². The smallest absolute Gasteiger partial charge is 0.232 e. The van der Waals surface area contributed by atoms with Gasteiger partial charge in [-0.05, 0) is 48.4 Å². The molecule has 0 amide bonds. The third kappa shape index (κ3) is 4.30. The van der Waals surface area contributed by atoms with E-state index in [0.29, 0.717) is 5.71 Å². The van der Waals surface area contributed by atoms with E-state index in [1.54, 1.807) is 20.4 Å². The molecule has 5 aromatic rings. The predicted molar refractivity (Wildman–Crippen MR) is 131 cm³/mol. The summed E-state index contributed by atoms with van der Waals surface area (Å²) in [6.07, 6.45) is 8.01. The van der Waals surface area contributed by atoms with Gasteiger partial charge in [-0.2, -0.15) is 0 Å². The van der Waals surface area contributed by atoms with Crippen LogP contribution in [0.1, 0.15) is 6.42 Å². The summed E-state index contributed by atoms with van der Waals surface area (Å²) in [5, 5.41) is 4.32. The second kappa shape index (κ2) is 9.66. The molecule has 0 fully saturated rings. The first-order valence-electron chi connectivity index (χ1n) is 11.0. The lowest BCUT2D eigenvalue weighted by molar-refractivity contribution is 0.414. The van der Waals surface area contributed by atoms with E-state index in [4.69, 9.17) is 13.9 Å². The van der Waals surface area contributed by atoms with Crippen LogP contribution in [0.4, 0.5) is 5.82 Å². The molecular formula is C26H25N5O3. The van der Waals surface area contributed by atoms with Crippen LogP contribution < -0.4 is 14.8 Å². The molecule has 0 bridgehead atoms. The van der Waals surface area contributed by atoms with Gasteiger partial charge in [0.05, 0.1) is 25.9 Å². The summed E-state index contributed by atoms with van der Waals surface area (Å²) in [5.74, 6) is 3.04. The third-order valence-electron chi connectivity index (χ3n) is 5.66. The van der Waals surface area contributed by atoms with Gasteiger partial charge in [0.2, 0.25) is 5.71 Å². The monoisotopic (exact) mass is 455 g/mol. The molecule has 8 heteroatoms. The number of methoxy groups -OCH3 is 2. The first-order valence-corrected chi connectivity index (χ1v) is 11.0. The van der Waals surface area contributed by atoms with Gasteiger partial charge in [-0.3, -0.25) is 0 Å². The number of rotatable bonds is 9. The van der Waals surface area contributed by atoms with Crippen LogP contribution in [0.15, 0.2) is 78.0 Å². The largest absolute Gasteiger partial charge is 0.497 e. The van der Waals surface area contributed by atoms with Gasteiger partial charge in [-0.25, -0.2) is 15.0 Å². The van der Waals surface area contributed by atoms with Crippen LogP contribution in [-0.4, -0.2) is 40.3 Å². The number of nitrogens with zero attached hydrogens (tertiary/aromatic N) is 4. The molecule has 0 atom stereocenters. The standard InChI is InChI=1S/C26H25N5O3/c1-32-20-8-4-18(5-9-20)22-23-25(28-12-3-14-31-15-13-27-17-31)29-16-30-26(23)34-24(22)19-6-10-21(33-2)11-7-19/h4-11,13,15-17H,3,12,14H2,1-2H3,(H,28,29,30). The normalized spacial score (nSPS) is 11.0. The Kier molecular flexibility index (Phi) is 6.11. The predicted octanol–water partition coefficient (Wildman–Crippen LogP) is 5.27. The summed E-state index contributed by atoms with van der Waals surface area (Å²) in [4.78, 5) is 13.1. The molecule has 34 heavy (non-hydrogen) atoms. The maximum absolute atomic E-state index is 6.30. The second-order valence-electron chi connectivity index (χ2n) is 7.75. The van der Waals surface area contributed by atoms with E-state index in [0.717, 1.165) is 64.7 Å². The molecule has 0 aliphatic rings. The van der Waals surface area contributed by atoms with E-state index in [2.05, 4.69) is 24.8 Å². The van der Waals surface area contributed by atoms with E-state index in [1.807, 2.05) is 61.1 Å². The molecule has 0 saturated heterocycles. The average molecular weight is 456 g/mol. The van der Waals surface area contributed by atoms with Crippen molar-refractivity contribution in [2.24, 2.45) is 0 Å². The third-order valence-corrected chi connectivity index (χ3v) is 5.66. The molecule has 2 aromatic carbocycles. The molecule has 8 nitrogen and oxygen atoms in total. The number of furan rings is 1. The summed E-state index contributed by atoms with van der Waals surface area (Å²) in [5.41, 5.74) is 3.38. The van der Waals surface area contributed by atoms with Crippen molar-refractivity contribution < 1.29 is 13.9 Å². The maximum atomic E-state index is 6.30. The van der Waals surface area contributed by atoms with Gasteiger partial charge in [0, 0.05) is 36.6 Å². The Morgan fingerprint density at radius 2 is 1.62 bits per heavy atom. The lowest BCUT2D eigenvalue weighted by Crippen LogP contribution is -2.07. The summed E-state index contributed by atoms with van der Waals surface area (Å²) in [7, 11) is 3.31. The highest BCUT2D eigenvalue weighted by molar-refractivity contribution is 6.05. The fourth-order valence-corrected chi connectivity index (χ4v) is 3.93. The van der Waals surface area contributed by atoms with Crippen molar-refractivity contribution >= 4 is 16.9 Å². The number of imidazole rings is 1. The van der Waals surface area contributed by atoms with Gasteiger partial charge in [0.25, 0.3) is 0 Å². The van der Waals surface area contributed by atoms with E-state index in [9.17, 15) is 0 Å². The minimum Gasteiger partial charge on any atom is -0.497 e. The van der Waals surface area contributed by atoms with Crippen LogP contribution in [0.5, 0.6) is 11.5 Å². The van der Waals surface area contributed by atoms with Crippen molar-refractivity contribution in [3.05, 3.63) is 73.6 Å². The van der Waals surface area contributed by atoms with Gasteiger partial charge < -0.3 is 23.8 Å². The summed E-state index contributed by atoms with van der Waals surface area (Å²) >= 11 is 0. The minimum atomic E-state index is 0.531. The Bertz CT molecular complexity index is 1360. The molecule has 0 radical (unpaired) electrons. The molecule has 0 aliphatic heterocycles. The number of fused-ring (bicyclic) bond motifs is 1.